The molecule has 0 aliphatic heterocycles. The van der Waals surface area contributed by atoms with E-state index in [0.717, 1.165) is 56.9 Å². The lowest BCUT2D eigenvalue weighted by atomic mass is 9.97. The first-order valence-electron chi connectivity index (χ1n) is 11.9. The highest BCUT2D eigenvalue weighted by molar-refractivity contribution is 7.99. The summed E-state index contributed by atoms with van der Waals surface area (Å²) in [6.07, 6.45) is 10.8. The van der Waals surface area contributed by atoms with Gasteiger partial charge in [0.1, 0.15) is 10.6 Å². The maximum Gasteiger partial charge on any atom is 0.267 e. The molecule has 0 atom stereocenters. The fourth-order valence-electron chi connectivity index (χ4n) is 4.95. The van der Waals surface area contributed by atoms with Gasteiger partial charge in [0.15, 0.2) is 5.16 Å². The number of aryl methyl sites for hydroxylation is 2. The van der Waals surface area contributed by atoms with Crippen molar-refractivity contribution in [3.05, 3.63) is 50.9 Å². The summed E-state index contributed by atoms with van der Waals surface area (Å²) >= 11 is 2.78. The second-order valence-electron chi connectivity index (χ2n) is 8.92. The van der Waals surface area contributed by atoms with Crippen molar-refractivity contribution in [2.24, 2.45) is 0 Å². The van der Waals surface area contributed by atoms with Crippen LogP contribution in [0.25, 0.3) is 15.9 Å². The molecular weight excluding hydrogens is 457 g/mol. The molecule has 0 saturated heterocycles. The van der Waals surface area contributed by atoms with E-state index in [0.29, 0.717) is 15.4 Å². The normalized spacial score (nSPS) is 17.0. The third kappa shape index (κ3) is 4.73. The van der Waals surface area contributed by atoms with E-state index in [1.54, 1.807) is 29.5 Å². The maximum atomic E-state index is 14.8. The first kappa shape index (κ1) is 22.6. The Hall–Kier alpha value is -2.19. The monoisotopic (exact) mass is 485 g/mol. The maximum absolute atomic E-state index is 14.8. The van der Waals surface area contributed by atoms with Crippen LogP contribution in [0.1, 0.15) is 61.8 Å². The minimum absolute atomic E-state index is 0.0631. The average Bonchev–Trinajstić information content (AvgIpc) is 2.99. The van der Waals surface area contributed by atoms with E-state index in [1.165, 1.54) is 40.1 Å². The number of carbonyl (C=O) groups excluding carboxylic acids is 1. The van der Waals surface area contributed by atoms with Gasteiger partial charge in [-0.25, -0.2) is 9.37 Å². The Morgan fingerprint density at radius 1 is 1.12 bits per heavy atom. The molecule has 5 nitrogen and oxygen atoms in total. The van der Waals surface area contributed by atoms with Crippen molar-refractivity contribution >= 4 is 39.2 Å². The Morgan fingerprint density at radius 2 is 1.88 bits per heavy atom. The lowest BCUT2D eigenvalue weighted by molar-refractivity contribution is -0.119. The number of hydrogen-bond acceptors (Lipinski definition) is 5. The van der Waals surface area contributed by atoms with Crippen molar-refractivity contribution in [3.63, 3.8) is 0 Å². The summed E-state index contributed by atoms with van der Waals surface area (Å²) in [5.41, 5.74) is 1.02. The molecule has 5 rings (SSSR count). The zero-order valence-electron chi connectivity index (χ0n) is 18.6. The van der Waals surface area contributed by atoms with Gasteiger partial charge in [0.25, 0.3) is 5.56 Å². The number of thiophene rings is 1. The molecule has 1 fully saturated rings. The molecule has 2 aliphatic carbocycles. The number of nitrogens with zero attached hydrogens (tertiary/aromatic N) is 2. The van der Waals surface area contributed by atoms with Gasteiger partial charge in [0, 0.05) is 10.9 Å². The van der Waals surface area contributed by atoms with Crippen LogP contribution in [0.15, 0.2) is 34.2 Å². The number of para-hydroxylation sites is 1. The van der Waals surface area contributed by atoms with Crippen LogP contribution in [0.5, 0.6) is 0 Å². The highest BCUT2D eigenvalue weighted by atomic mass is 32.2. The van der Waals surface area contributed by atoms with E-state index in [1.807, 2.05) is 0 Å². The molecule has 0 radical (unpaired) electrons. The van der Waals surface area contributed by atoms with Crippen molar-refractivity contribution < 1.29 is 9.18 Å². The lowest BCUT2D eigenvalue weighted by Crippen LogP contribution is -2.35. The number of carbonyl (C=O) groups is 1. The standard InChI is InChI=1S/C25H28FN3O2S2/c26-18-12-6-7-13-19(18)29-24(31)22-17-11-5-8-14-20(17)33-23(22)28-25(29)32-15-21(30)27-16-9-3-1-2-4-10-16/h6-7,12-13,16H,1-5,8-11,14-15H2,(H,27,30). The average molecular weight is 486 g/mol. The quantitative estimate of drug-likeness (QED) is 0.299. The Balaban J connectivity index is 1.49. The van der Waals surface area contributed by atoms with E-state index in [9.17, 15) is 14.0 Å². The summed E-state index contributed by atoms with van der Waals surface area (Å²) in [6.45, 7) is 0. The number of rotatable bonds is 5. The van der Waals surface area contributed by atoms with Crippen LogP contribution in [0, 0.1) is 5.82 Å². The SMILES string of the molecule is O=C(CSc1nc2sc3c(c2c(=O)n1-c1ccccc1F)CCCC3)NC1CCCCCC1. The largest absolute Gasteiger partial charge is 0.353 e. The summed E-state index contributed by atoms with van der Waals surface area (Å²) in [5.74, 6) is -0.394. The van der Waals surface area contributed by atoms with Gasteiger partial charge in [-0.2, -0.15) is 0 Å². The van der Waals surface area contributed by atoms with Gasteiger partial charge in [0.2, 0.25) is 5.91 Å². The molecule has 2 aromatic heterocycles. The van der Waals surface area contributed by atoms with Gasteiger partial charge in [0.05, 0.1) is 16.8 Å². The minimum Gasteiger partial charge on any atom is -0.353 e. The van der Waals surface area contributed by atoms with E-state index < -0.39 is 5.82 Å². The predicted octanol–water partition coefficient (Wildman–Crippen LogP) is 5.40. The smallest absolute Gasteiger partial charge is 0.267 e. The number of aromatic nitrogens is 2. The molecule has 3 aromatic rings. The second-order valence-corrected chi connectivity index (χ2v) is 10.9. The molecule has 0 spiro atoms. The van der Waals surface area contributed by atoms with E-state index in [-0.39, 0.29) is 28.9 Å². The first-order valence-corrected chi connectivity index (χ1v) is 13.7. The van der Waals surface area contributed by atoms with Crippen LogP contribution in [-0.2, 0) is 17.6 Å². The van der Waals surface area contributed by atoms with Gasteiger partial charge >= 0.3 is 0 Å². The molecular formula is C25H28FN3O2S2. The zero-order valence-corrected chi connectivity index (χ0v) is 20.2. The molecule has 1 N–H and O–H groups in total. The van der Waals surface area contributed by atoms with Crippen LogP contribution < -0.4 is 10.9 Å². The molecule has 1 aromatic carbocycles. The summed E-state index contributed by atoms with van der Waals surface area (Å²) in [5, 5.41) is 4.13. The van der Waals surface area contributed by atoms with Crippen LogP contribution in [0.2, 0.25) is 0 Å². The molecule has 2 aliphatic rings. The first-order chi connectivity index (χ1) is 16.1. The lowest BCUT2D eigenvalue weighted by Gasteiger charge is -2.17. The van der Waals surface area contributed by atoms with Crippen molar-refractivity contribution in [3.8, 4) is 5.69 Å². The van der Waals surface area contributed by atoms with Crippen molar-refractivity contribution in [2.75, 3.05) is 5.75 Å². The third-order valence-electron chi connectivity index (χ3n) is 6.60. The van der Waals surface area contributed by atoms with Gasteiger partial charge in [-0.05, 0) is 56.2 Å². The van der Waals surface area contributed by atoms with E-state index in [2.05, 4.69) is 5.32 Å². The van der Waals surface area contributed by atoms with Crippen LogP contribution >= 0.6 is 23.1 Å². The van der Waals surface area contributed by atoms with Crippen molar-refractivity contribution in [1.82, 2.24) is 14.9 Å². The van der Waals surface area contributed by atoms with Gasteiger partial charge in [-0.3, -0.25) is 14.2 Å². The van der Waals surface area contributed by atoms with Crippen LogP contribution in [-0.4, -0.2) is 27.3 Å². The molecule has 1 saturated carbocycles. The number of amides is 1. The van der Waals surface area contributed by atoms with Crippen molar-refractivity contribution in [1.29, 1.82) is 0 Å². The highest BCUT2D eigenvalue weighted by Crippen LogP contribution is 2.35. The second kappa shape index (κ2) is 9.97. The minimum atomic E-state index is -0.477. The molecule has 2 heterocycles. The third-order valence-corrected chi connectivity index (χ3v) is 8.73. The Kier molecular flexibility index (Phi) is 6.83. The van der Waals surface area contributed by atoms with Crippen LogP contribution in [0.4, 0.5) is 4.39 Å². The molecule has 0 unspecified atom stereocenters. The van der Waals surface area contributed by atoms with Gasteiger partial charge < -0.3 is 5.32 Å². The Morgan fingerprint density at radius 3 is 2.67 bits per heavy atom. The van der Waals surface area contributed by atoms with Gasteiger partial charge in [-0.1, -0.05) is 49.6 Å². The molecule has 174 valence electrons. The Bertz CT molecular complexity index is 1230. The number of fused-ring (bicyclic) bond motifs is 3. The van der Waals surface area contributed by atoms with Crippen molar-refractivity contribution in [2.45, 2.75) is 75.4 Å². The fourth-order valence-corrected chi connectivity index (χ4v) is 7.07. The zero-order chi connectivity index (χ0) is 22.8. The molecule has 8 heteroatoms. The fraction of sp³-hybridized carbons (Fsp3) is 0.480. The predicted molar refractivity (Wildman–Crippen MR) is 132 cm³/mol. The summed E-state index contributed by atoms with van der Waals surface area (Å²) in [7, 11) is 0. The summed E-state index contributed by atoms with van der Waals surface area (Å²) < 4.78 is 16.1. The number of benzene rings is 1. The Labute approximate surface area is 200 Å². The number of nitrogens with one attached hydrogen (secondary N) is 1. The molecule has 1 amide bonds. The number of thioether (sulfide) groups is 1. The summed E-state index contributed by atoms with van der Waals surface area (Å²) in [4.78, 5) is 33.1. The van der Waals surface area contributed by atoms with E-state index >= 15 is 0 Å². The topological polar surface area (TPSA) is 64.0 Å². The van der Waals surface area contributed by atoms with Gasteiger partial charge in [-0.15, -0.1) is 11.3 Å². The number of hydrogen-bond donors (Lipinski definition) is 1. The van der Waals surface area contributed by atoms with Crippen LogP contribution in [0.3, 0.4) is 0 Å². The summed E-state index contributed by atoms with van der Waals surface area (Å²) in [6, 6.07) is 6.48. The number of halogens is 1. The molecule has 33 heavy (non-hydrogen) atoms. The molecule has 0 bridgehead atoms. The van der Waals surface area contributed by atoms with E-state index in [4.69, 9.17) is 4.98 Å². The highest BCUT2D eigenvalue weighted by Gasteiger charge is 2.24.